The van der Waals surface area contributed by atoms with Gasteiger partial charge in [-0.15, -0.1) is 0 Å². The largest absolute Gasteiger partial charge is 0.481 e. The van der Waals surface area contributed by atoms with Crippen LogP contribution in [0.3, 0.4) is 0 Å². The number of aliphatic carboxylic acids is 8. The van der Waals surface area contributed by atoms with Gasteiger partial charge in [-0.05, 0) is 97.4 Å². The molecular formula is C60H102O27S8. The highest BCUT2D eigenvalue weighted by atomic mass is 32.2. The first kappa shape index (κ1) is 89.2. The Bertz CT molecular complexity index is 2080. The molecule has 0 spiro atoms. The molecule has 27 nitrogen and oxygen atoms in total. The minimum Gasteiger partial charge on any atom is -0.481 e. The van der Waals surface area contributed by atoms with Crippen LogP contribution < -0.4 is 0 Å². The maximum absolute atomic E-state index is 11.4. The summed E-state index contributed by atoms with van der Waals surface area (Å²) in [5.74, 6) is -1.62. The predicted molar refractivity (Wildman–Crippen MR) is 372 cm³/mol. The van der Waals surface area contributed by atoms with Crippen molar-refractivity contribution in [1.82, 2.24) is 0 Å². The van der Waals surface area contributed by atoms with Gasteiger partial charge in [0, 0.05) is 98.9 Å². The minimum atomic E-state index is -1.93. The quantitative estimate of drug-likeness (QED) is 0.0272. The first-order valence-corrected chi connectivity index (χ1v) is 41.3. The fourth-order valence-corrected chi connectivity index (χ4v) is 15.6. The highest BCUT2D eigenvalue weighted by Crippen LogP contribution is 2.42. The van der Waals surface area contributed by atoms with Gasteiger partial charge in [-0.2, -0.15) is 94.1 Å². The van der Waals surface area contributed by atoms with Gasteiger partial charge in [0.2, 0.25) is 5.79 Å². The van der Waals surface area contributed by atoms with Crippen molar-refractivity contribution in [1.29, 1.82) is 0 Å². The van der Waals surface area contributed by atoms with Crippen molar-refractivity contribution in [3.8, 4) is 0 Å². The average molecular weight is 1510 g/mol. The van der Waals surface area contributed by atoms with Crippen LogP contribution in [0.15, 0.2) is 0 Å². The summed E-state index contributed by atoms with van der Waals surface area (Å²) in [5.41, 5.74) is 0. The van der Waals surface area contributed by atoms with Crippen molar-refractivity contribution in [2.24, 2.45) is 0 Å². The molecule has 2 rings (SSSR count). The number of carboxylic acid groups (broad SMARTS) is 8. The van der Waals surface area contributed by atoms with Gasteiger partial charge in [-0.1, -0.05) is 0 Å². The maximum atomic E-state index is 11.4. The van der Waals surface area contributed by atoms with E-state index in [0.717, 1.165) is 0 Å². The fraction of sp³-hybridized carbons (Fsp3) is 0.867. The van der Waals surface area contributed by atoms with Crippen LogP contribution in [0.25, 0.3) is 0 Å². The highest BCUT2D eigenvalue weighted by molar-refractivity contribution is 8.00. The maximum Gasteiger partial charge on any atom is 0.304 e. The number of rotatable bonds is 69. The molecule has 9 unspecified atom stereocenters. The van der Waals surface area contributed by atoms with E-state index in [1.54, 1.807) is 0 Å². The molecular weight excluding hydrogens is 1410 g/mol. The van der Waals surface area contributed by atoms with E-state index in [0.29, 0.717) is 143 Å². The van der Waals surface area contributed by atoms with Crippen molar-refractivity contribution < 1.29 is 131 Å². The summed E-state index contributed by atoms with van der Waals surface area (Å²) in [6, 6.07) is 0. The molecule has 2 heterocycles. The lowest BCUT2D eigenvalue weighted by Crippen LogP contribution is -2.65. The van der Waals surface area contributed by atoms with Gasteiger partial charge in [0.1, 0.15) is 49.3 Å². The number of hydrogen-bond acceptors (Lipinski definition) is 27. The van der Waals surface area contributed by atoms with Gasteiger partial charge in [0.15, 0.2) is 6.29 Å². The first-order chi connectivity index (χ1) is 45.8. The molecule has 0 amide bonds. The Labute approximate surface area is 591 Å². The zero-order valence-corrected chi connectivity index (χ0v) is 60.7. The molecule has 35 heteroatoms. The molecule has 0 aromatic heterocycles. The molecule has 2 aliphatic rings. The number of hydrogen-bond donors (Lipinski definition) is 8. The molecule has 0 radical (unpaired) electrons. The lowest BCUT2D eigenvalue weighted by molar-refractivity contribution is -0.395. The molecule has 552 valence electrons. The van der Waals surface area contributed by atoms with Gasteiger partial charge in [0.25, 0.3) is 0 Å². The molecule has 9 atom stereocenters. The van der Waals surface area contributed by atoms with Crippen molar-refractivity contribution in [3.05, 3.63) is 0 Å². The van der Waals surface area contributed by atoms with Crippen LogP contribution in [0.2, 0.25) is 0 Å². The SMILES string of the molecule is O=C(O)CCSCCCOCC1OC(OC2(COCCCSCCC(=O)O)OC(COCCCSCCC(=O)O)C(OCCCSCCC(=O)O)C2OCCCSCCC(=O)O)C(OCCCSCCC(=O)O)C(OCCCSCCC(=O)O)C1OCCCSCCC(=O)O. The van der Waals surface area contributed by atoms with Crippen LogP contribution in [0, 0.1) is 0 Å². The molecule has 0 aromatic carbocycles. The summed E-state index contributed by atoms with van der Waals surface area (Å²) < 4.78 is 75.5. The van der Waals surface area contributed by atoms with E-state index >= 15 is 0 Å². The number of carbonyl (C=O) groups is 8. The second-order valence-corrected chi connectivity index (χ2v) is 31.1. The minimum absolute atomic E-state index is 0.00536. The van der Waals surface area contributed by atoms with E-state index in [1.165, 1.54) is 94.1 Å². The summed E-state index contributed by atoms with van der Waals surface area (Å²) in [4.78, 5) is 90.7. The monoisotopic (exact) mass is 1510 g/mol. The van der Waals surface area contributed by atoms with Gasteiger partial charge >= 0.3 is 47.8 Å². The summed E-state index contributed by atoms with van der Waals surface area (Å²) >= 11 is 11.7. The molecule has 95 heavy (non-hydrogen) atoms. The predicted octanol–water partition coefficient (Wildman–Crippen LogP) is 7.58. The Balaban J connectivity index is 2.93. The average Bonchev–Trinajstić information content (AvgIpc) is 1.69. The normalized spacial score (nSPS) is 21.1. The standard InChI is InChI=1S/C60H102O27S8/c61-46(62)9-33-88-25-1-17-77-41-44-54(80-20-4-28-91-36-12-49(67)68)56(82-22-6-30-93-38-14-51(71)72)57(83-23-7-31-94-39-15-52(73)74)59(85-44)87-60(43-79-19-3-27-90-35-11-48(65)66)58(84-24-8-32-95-40-16-53(75)76)55(81-21-5-29-92-37-13-50(69)70)45(86-60)42-78-18-2-26-89-34-10-47(63)64/h44-45,54-59H,1-43H2,(H,61,62)(H,63,64)(H,65,66)(H,67,68)(H,69,70)(H,71,72)(H,73,74)(H,75,76). The molecule has 2 saturated heterocycles. The summed E-state index contributed by atoms with van der Waals surface area (Å²) in [6.07, 6.45) is -4.53. The Morgan fingerprint density at radius 3 is 0.916 bits per heavy atom. The summed E-state index contributed by atoms with van der Waals surface area (Å²) in [5, 5.41) is 74.3. The van der Waals surface area contributed by atoms with E-state index in [1.807, 2.05) is 0 Å². The molecule has 0 saturated carbocycles. The van der Waals surface area contributed by atoms with Crippen molar-refractivity contribution >= 4 is 142 Å². The third-order valence-corrected chi connectivity index (χ3v) is 21.9. The van der Waals surface area contributed by atoms with E-state index in [-0.39, 0.29) is 124 Å². The smallest absolute Gasteiger partial charge is 0.304 e. The van der Waals surface area contributed by atoms with Crippen LogP contribution in [0.5, 0.6) is 0 Å². The van der Waals surface area contributed by atoms with Crippen LogP contribution in [-0.2, 0) is 90.5 Å². The molecule has 8 N–H and O–H groups in total. The molecule has 0 aromatic rings. The lowest BCUT2D eigenvalue weighted by Gasteiger charge is -2.48. The molecule has 0 aliphatic carbocycles. The van der Waals surface area contributed by atoms with E-state index in [2.05, 4.69) is 0 Å². The highest BCUT2D eigenvalue weighted by Gasteiger charge is 2.62. The van der Waals surface area contributed by atoms with E-state index in [9.17, 15) is 79.2 Å². The van der Waals surface area contributed by atoms with Crippen LogP contribution >= 0.6 is 94.1 Å². The van der Waals surface area contributed by atoms with Gasteiger partial charge < -0.3 is 93.0 Å². The zero-order valence-electron chi connectivity index (χ0n) is 54.1. The van der Waals surface area contributed by atoms with E-state index in [4.69, 9.17) is 52.1 Å². The molecule has 2 aliphatic heterocycles. The van der Waals surface area contributed by atoms with Crippen LogP contribution in [-0.4, -0.2) is 308 Å². The van der Waals surface area contributed by atoms with Gasteiger partial charge in [0.05, 0.1) is 64.6 Å². The number of ether oxygens (including phenoxy) is 11. The summed E-state index contributed by atoms with van der Waals surface area (Å²) in [7, 11) is 0. The zero-order chi connectivity index (χ0) is 69.6. The Morgan fingerprint density at radius 1 is 0.305 bits per heavy atom. The summed E-state index contributed by atoms with van der Waals surface area (Å²) in [6.45, 7) is 0.900. The third kappa shape index (κ3) is 47.0. The topological polar surface area (TPSA) is 400 Å². The number of carboxylic acids is 8. The Morgan fingerprint density at radius 2 is 0.579 bits per heavy atom. The van der Waals surface area contributed by atoms with Gasteiger partial charge in [-0.3, -0.25) is 38.4 Å². The second-order valence-electron chi connectivity index (χ2n) is 21.3. The van der Waals surface area contributed by atoms with Crippen LogP contribution in [0.1, 0.15) is 103 Å². The Kier molecular flexibility index (Phi) is 55.1. The molecule has 2 fully saturated rings. The van der Waals surface area contributed by atoms with Crippen molar-refractivity contribution in [3.63, 3.8) is 0 Å². The number of thioether (sulfide) groups is 8. The second kappa shape index (κ2) is 58.7. The van der Waals surface area contributed by atoms with E-state index < -0.39 is 103 Å². The molecule has 0 bridgehead atoms. The Hall–Kier alpha value is -1.88. The van der Waals surface area contributed by atoms with Crippen molar-refractivity contribution in [2.45, 2.75) is 158 Å². The third-order valence-electron chi connectivity index (χ3n) is 13.3. The van der Waals surface area contributed by atoms with Crippen LogP contribution in [0.4, 0.5) is 0 Å². The van der Waals surface area contributed by atoms with Gasteiger partial charge in [-0.25, -0.2) is 0 Å². The first-order valence-electron chi connectivity index (χ1n) is 32.0. The van der Waals surface area contributed by atoms with Crippen molar-refractivity contribution in [2.75, 3.05) is 165 Å². The lowest BCUT2D eigenvalue weighted by atomic mass is 9.97. The fourth-order valence-electron chi connectivity index (χ4n) is 8.89.